The topological polar surface area (TPSA) is 43.6 Å². The fraction of sp³-hybridized carbons (Fsp3) is 0.0625. The normalized spacial score (nSPS) is 12.1. The van der Waals surface area contributed by atoms with E-state index in [9.17, 15) is 26.3 Å². The second kappa shape index (κ2) is 14.1. The van der Waals surface area contributed by atoms with Crippen molar-refractivity contribution in [1.82, 2.24) is 19.5 Å². The molecule has 0 aliphatic rings. The van der Waals surface area contributed by atoms with Crippen LogP contribution in [0.4, 0.5) is 26.3 Å². The maximum Gasteiger partial charge on any atom is 0.417 e. The van der Waals surface area contributed by atoms with Gasteiger partial charge in [-0.05, 0) is 83.3 Å². The van der Waals surface area contributed by atoms with Crippen LogP contribution in [0.15, 0.2) is 164 Å². The molecule has 0 N–H and O–H groups in total. The molecule has 0 spiro atoms. The highest BCUT2D eigenvalue weighted by molar-refractivity contribution is 6.10. The predicted octanol–water partition coefficient (Wildman–Crippen LogP) is 13.6. The van der Waals surface area contributed by atoms with Crippen molar-refractivity contribution in [2.45, 2.75) is 19.3 Å². The van der Waals surface area contributed by atoms with Crippen molar-refractivity contribution >= 4 is 21.8 Å². The van der Waals surface area contributed by atoms with Gasteiger partial charge in [0.15, 0.2) is 17.5 Å². The van der Waals surface area contributed by atoms with Gasteiger partial charge in [-0.1, -0.05) is 115 Å². The lowest BCUT2D eigenvalue weighted by atomic mass is 9.92. The molecule has 2 heterocycles. The summed E-state index contributed by atoms with van der Waals surface area (Å²) < 4.78 is 88.8. The first-order valence-corrected chi connectivity index (χ1v) is 18.3. The lowest BCUT2D eigenvalue weighted by Crippen LogP contribution is -2.12. The van der Waals surface area contributed by atoms with Gasteiger partial charge < -0.3 is 4.57 Å². The van der Waals surface area contributed by atoms with Crippen molar-refractivity contribution in [2.24, 2.45) is 0 Å². The molecule has 4 nitrogen and oxygen atoms in total. The molecule has 0 fully saturated rings. The summed E-state index contributed by atoms with van der Waals surface area (Å²) in [4.78, 5) is 14.3. The second-order valence-electron chi connectivity index (χ2n) is 13.9. The molecule has 0 atom stereocenters. The summed E-state index contributed by atoms with van der Waals surface area (Å²) in [6, 6.07) is 46.7. The number of fused-ring (bicyclic) bond motifs is 3. The van der Waals surface area contributed by atoms with Crippen LogP contribution < -0.4 is 0 Å². The summed E-state index contributed by atoms with van der Waals surface area (Å²) in [5, 5.41) is 1.84. The van der Waals surface area contributed by atoms with Gasteiger partial charge in [0.05, 0.1) is 22.2 Å². The zero-order valence-corrected chi connectivity index (χ0v) is 30.6. The third-order valence-corrected chi connectivity index (χ3v) is 10.3. The van der Waals surface area contributed by atoms with Gasteiger partial charge in [0.1, 0.15) is 0 Å². The minimum absolute atomic E-state index is 0.00904. The van der Waals surface area contributed by atoms with Crippen LogP contribution in [0.3, 0.4) is 0 Å². The standard InChI is InChI=1S/C48H30F6N4/c1-29-12-8-9-17-35(29)32-20-25-43-40(26-32)37-18-10-11-19-42(37)58(43)34-22-24-38(39(28-34)36-23-21-33(47(49,50)51)27-41(36)48(52,53)54)46-56-44(30-13-4-2-5-14-30)55-45(57-46)31-15-6-3-7-16-31/h2-28H,1H3. The fourth-order valence-electron chi connectivity index (χ4n) is 7.52. The van der Waals surface area contributed by atoms with Crippen LogP contribution in [0.5, 0.6) is 0 Å². The molecule has 9 aromatic rings. The largest absolute Gasteiger partial charge is 0.417 e. The second-order valence-corrected chi connectivity index (χ2v) is 13.9. The number of aromatic nitrogens is 4. The lowest BCUT2D eigenvalue weighted by molar-refractivity contribution is -0.142. The Hall–Kier alpha value is -7.07. The molecule has 9 rings (SSSR count). The Kier molecular flexibility index (Phi) is 8.92. The van der Waals surface area contributed by atoms with Gasteiger partial charge in [-0.15, -0.1) is 0 Å². The highest BCUT2D eigenvalue weighted by Crippen LogP contribution is 2.45. The molecular formula is C48H30F6N4. The number of benzene rings is 7. The summed E-state index contributed by atoms with van der Waals surface area (Å²) in [6.07, 6.45) is -10.2. The van der Waals surface area contributed by atoms with E-state index < -0.39 is 29.0 Å². The molecule has 0 radical (unpaired) electrons. The minimum Gasteiger partial charge on any atom is -0.309 e. The molecule has 0 amide bonds. The van der Waals surface area contributed by atoms with Crippen molar-refractivity contribution in [1.29, 1.82) is 0 Å². The zero-order chi connectivity index (χ0) is 40.2. The third kappa shape index (κ3) is 6.66. The van der Waals surface area contributed by atoms with Crippen molar-refractivity contribution in [3.05, 3.63) is 180 Å². The van der Waals surface area contributed by atoms with Gasteiger partial charge in [0.25, 0.3) is 0 Å². The molecule has 7 aromatic carbocycles. The van der Waals surface area contributed by atoms with Crippen LogP contribution in [0, 0.1) is 6.92 Å². The monoisotopic (exact) mass is 776 g/mol. The number of rotatable bonds is 6. The summed E-state index contributed by atoms with van der Waals surface area (Å²) in [6.45, 7) is 2.04. The Balaban J connectivity index is 1.33. The molecule has 0 bridgehead atoms. The number of nitrogens with zero attached hydrogens (tertiary/aromatic N) is 4. The van der Waals surface area contributed by atoms with Crippen molar-refractivity contribution < 1.29 is 26.3 Å². The number of hydrogen-bond acceptors (Lipinski definition) is 3. The van der Waals surface area contributed by atoms with E-state index in [-0.39, 0.29) is 34.7 Å². The molecule has 0 unspecified atom stereocenters. The number of alkyl halides is 6. The maximum atomic E-state index is 15.0. The smallest absolute Gasteiger partial charge is 0.309 e. The zero-order valence-electron chi connectivity index (χ0n) is 30.6. The van der Waals surface area contributed by atoms with E-state index in [1.807, 2.05) is 127 Å². The lowest BCUT2D eigenvalue weighted by Gasteiger charge is -2.20. The molecule has 0 saturated heterocycles. The van der Waals surface area contributed by atoms with Crippen molar-refractivity contribution in [3.63, 3.8) is 0 Å². The first-order valence-electron chi connectivity index (χ1n) is 18.3. The molecule has 0 aliphatic heterocycles. The molecule has 0 aliphatic carbocycles. The van der Waals surface area contributed by atoms with Crippen LogP contribution in [0.2, 0.25) is 0 Å². The van der Waals surface area contributed by atoms with Gasteiger partial charge in [-0.2, -0.15) is 26.3 Å². The fourth-order valence-corrected chi connectivity index (χ4v) is 7.52. The average Bonchev–Trinajstić information content (AvgIpc) is 3.57. The van der Waals surface area contributed by atoms with Gasteiger partial charge in [0.2, 0.25) is 0 Å². The maximum absolute atomic E-state index is 15.0. The van der Waals surface area contributed by atoms with Gasteiger partial charge in [0, 0.05) is 33.2 Å². The number of aryl methyl sites for hydroxylation is 1. The Morgan fingerprint density at radius 2 is 1.00 bits per heavy atom. The van der Waals surface area contributed by atoms with Crippen LogP contribution in [-0.2, 0) is 12.4 Å². The van der Waals surface area contributed by atoms with Gasteiger partial charge >= 0.3 is 12.4 Å². The Bertz CT molecular complexity index is 2930. The highest BCUT2D eigenvalue weighted by Gasteiger charge is 2.39. The van der Waals surface area contributed by atoms with E-state index in [4.69, 9.17) is 15.0 Å². The van der Waals surface area contributed by atoms with Crippen LogP contribution in [-0.4, -0.2) is 19.5 Å². The van der Waals surface area contributed by atoms with Crippen molar-refractivity contribution in [3.8, 4) is 62.1 Å². The van der Waals surface area contributed by atoms with E-state index in [1.165, 1.54) is 0 Å². The summed E-state index contributed by atoms with van der Waals surface area (Å²) in [5.41, 5.74) is 3.38. The Morgan fingerprint density at radius 1 is 0.414 bits per heavy atom. The van der Waals surface area contributed by atoms with Gasteiger partial charge in [-0.3, -0.25) is 0 Å². The molecule has 284 valence electrons. The first kappa shape index (κ1) is 36.6. The minimum atomic E-state index is -5.15. The summed E-state index contributed by atoms with van der Waals surface area (Å²) >= 11 is 0. The average molecular weight is 777 g/mol. The Labute approximate surface area is 328 Å². The van der Waals surface area contributed by atoms with E-state index in [1.54, 1.807) is 18.2 Å². The molecular weight excluding hydrogens is 747 g/mol. The van der Waals surface area contributed by atoms with E-state index in [0.29, 0.717) is 22.9 Å². The molecule has 58 heavy (non-hydrogen) atoms. The quantitative estimate of drug-likeness (QED) is 0.158. The summed E-state index contributed by atoms with van der Waals surface area (Å²) in [5.74, 6) is 0.594. The number of hydrogen-bond donors (Lipinski definition) is 0. The molecule has 2 aromatic heterocycles. The van der Waals surface area contributed by atoms with Crippen molar-refractivity contribution in [2.75, 3.05) is 0 Å². The predicted molar refractivity (Wildman–Crippen MR) is 216 cm³/mol. The van der Waals surface area contributed by atoms with Gasteiger partial charge in [-0.25, -0.2) is 15.0 Å². The third-order valence-electron chi connectivity index (χ3n) is 10.3. The molecule has 10 heteroatoms. The van der Waals surface area contributed by atoms with E-state index in [2.05, 4.69) is 12.1 Å². The van der Waals surface area contributed by atoms with E-state index >= 15 is 0 Å². The number of halogens is 6. The van der Waals surface area contributed by atoms with E-state index in [0.717, 1.165) is 44.6 Å². The number of para-hydroxylation sites is 1. The SMILES string of the molecule is Cc1ccccc1-c1ccc2c(c1)c1ccccc1n2-c1ccc(-c2nc(-c3ccccc3)nc(-c3ccccc3)n2)c(-c2ccc(C(F)(F)F)cc2C(F)(F)F)c1. The Morgan fingerprint density at radius 3 is 1.66 bits per heavy atom. The van der Waals surface area contributed by atoms with Crippen LogP contribution >= 0.6 is 0 Å². The highest BCUT2D eigenvalue weighted by atomic mass is 19.4. The summed E-state index contributed by atoms with van der Waals surface area (Å²) in [7, 11) is 0. The van der Waals surface area contributed by atoms with Crippen LogP contribution in [0.25, 0.3) is 83.9 Å². The van der Waals surface area contributed by atoms with Crippen LogP contribution in [0.1, 0.15) is 16.7 Å². The molecule has 0 saturated carbocycles. The first-order chi connectivity index (χ1) is 27.9.